The summed E-state index contributed by atoms with van der Waals surface area (Å²) in [5, 5.41) is 10.1. The third-order valence-corrected chi connectivity index (χ3v) is 5.82. The topological polar surface area (TPSA) is 86.4 Å². The molecule has 2 N–H and O–H groups in total. The number of likely N-dealkylation sites (tertiary alicyclic amines) is 2. The van der Waals surface area contributed by atoms with Gasteiger partial charge in [-0.05, 0) is 58.0 Å². The fourth-order valence-electron chi connectivity index (χ4n) is 4.34. The third-order valence-electron chi connectivity index (χ3n) is 5.82. The van der Waals surface area contributed by atoms with Gasteiger partial charge in [0.25, 0.3) is 0 Å². The second-order valence-corrected chi connectivity index (χ2v) is 7.62. The van der Waals surface area contributed by atoms with E-state index in [0.717, 1.165) is 45.4 Å². The van der Waals surface area contributed by atoms with Crippen molar-refractivity contribution in [3.8, 4) is 0 Å². The SMILES string of the molecule is O=C(NCc1nc(C2CCCO2)n[nH]1)N1CCCC(N2CCCC2)CC1. The first-order valence-corrected chi connectivity index (χ1v) is 10.1. The van der Waals surface area contributed by atoms with Gasteiger partial charge in [-0.15, -0.1) is 0 Å². The average molecular weight is 362 g/mol. The molecule has 144 valence electrons. The van der Waals surface area contributed by atoms with Crippen molar-refractivity contribution < 1.29 is 9.53 Å². The minimum absolute atomic E-state index is 0.00198. The molecule has 3 fully saturated rings. The number of carbonyl (C=O) groups excluding carboxylic acids is 1. The molecule has 0 saturated carbocycles. The maximum Gasteiger partial charge on any atom is 0.317 e. The number of hydrogen-bond donors (Lipinski definition) is 2. The van der Waals surface area contributed by atoms with Crippen molar-refractivity contribution in [2.45, 2.75) is 63.6 Å². The summed E-state index contributed by atoms with van der Waals surface area (Å²) in [5.74, 6) is 1.39. The Hall–Kier alpha value is -1.67. The number of carbonyl (C=O) groups is 1. The molecule has 26 heavy (non-hydrogen) atoms. The van der Waals surface area contributed by atoms with Crippen LogP contribution in [0.5, 0.6) is 0 Å². The number of amides is 2. The lowest BCUT2D eigenvalue weighted by atomic mass is 10.1. The number of aromatic amines is 1. The zero-order valence-corrected chi connectivity index (χ0v) is 15.5. The molecule has 3 aliphatic rings. The van der Waals surface area contributed by atoms with Crippen LogP contribution in [0.2, 0.25) is 0 Å². The lowest BCUT2D eigenvalue weighted by Gasteiger charge is -2.26. The zero-order valence-electron chi connectivity index (χ0n) is 15.5. The molecule has 4 heterocycles. The highest BCUT2D eigenvalue weighted by Gasteiger charge is 2.26. The van der Waals surface area contributed by atoms with E-state index in [1.165, 1.54) is 32.4 Å². The van der Waals surface area contributed by atoms with Gasteiger partial charge in [0, 0.05) is 25.7 Å². The highest BCUT2D eigenvalue weighted by Crippen LogP contribution is 2.25. The monoisotopic (exact) mass is 362 g/mol. The van der Waals surface area contributed by atoms with Crippen molar-refractivity contribution in [1.82, 2.24) is 30.3 Å². The van der Waals surface area contributed by atoms with E-state index in [1.807, 2.05) is 4.90 Å². The number of urea groups is 1. The summed E-state index contributed by atoms with van der Waals surface area (Å²) in [6.45, 7) is 5.30. The van der Waals surface area contributed by atoms with Crippen LogP contribution in [-0.4, -0.2) is 69.8 Å². The normalized spacial score (nSPS) is 27.6. The summed E-state index contributed by atoms with van der Waals surface area (Å²) in [6, 6.07) is 0.653. The number of nitrogens with one attached hydrogen (secondary N) is 2. The van der Waals surface area contributed by atoms with E-state index in [-0.39, 0.29) is 12.1 Å². The third kappa shape index (κ3) is 4.17. The molecule has 0 aliphatic carbocycles. The Balaban J connectivity index is 1.24. The fourth-order valence-corrected chi connectivity index (χ4v) is 4.34. The van der Waals surface area contributed by atoms with Gasteiger partial charge in [0.2, 0.25) is 0 Å². The van der Waals surface area contributed by atoms with Gasteiger partial charge in [-0.25, -0.2) is 9.78 Å². The molecule has 8 nitrogen and oxygen atoms in total. The molecule has 1 aromatic heterocycles. The molecule has 2 unspecified atom stereocenters. The van der Waals surface area contributed by atoms with E-state index in [1.54, 1.807) is 0 Å². The number of nitrogens with zero attached hydrogens (tertiary/aromatic N) is 4. The molecule has 0 radical (unpaired) electrons. The van der Waals surface area contributed by atoms with Crippen LogP contribution >= 0.6 is 0 Å². The van der Waals surface area contributed by atoms with Crippen LogP contribution in [-0.2, 0) is 11.3 Å². The van der Waals surface area contributed by atoms with Gasteiger partial charge in [0.15, 0.2) is 5.82 Å². The smallest absolute Gasteiger partial charge is 0.317 e. The van der Waals surface area contributed by atoms with Gasteiger partial charge < -0.3 is 19.9 Å². The summed E-state index contributed by atoms with van der Waals surface area (Å²) >= 11 is 0. The maximum atomic E-state index is 12.5. The predicted molar refractivity (Wildman–Crippen MR) is 96.6 cm³/mol. The summed E-state index contributed by atoms with van der Waals surface area (Å²) in [5.41, 5.74) is 0. The van der Waals surface area contributed by atoms with E-state index < -0.39 is 0 Å². The molecule has 0 spiro atoms. The van der Waals surface area contributed by atoms with E-state index in [9.17, 15) is 4.79 Å². The minimum Gasteiger partial charge on any atom is -0.370 e. The minimum atomic E-state index is 0.00198. The largest absolute Gasteiger partial charge is 0.370 e. The Morgan fingerprint density at radius 2 is 2.00 bits per heavy atom. The van der Waals surface area contributed by atoms with Gasteiger partial charge in [-0.3, -0.25) is 5.10 Å². The van der Waals surface area contributed by atoms with E-state index >= 15 is 0 Å². The number of hydrogen-bond acceptors (Lipinski definition) is 5. The lowest BCUT2D eigenvalue weighted by Crippen LogP contribution is -2.41. The summed E-state index contributed by atoms with van der Waals surface area (Å²) in [6.07, 6.45) is 8.05. The number of aromatic nitrogens is 3. The highest BCUT2D eigenvalue weighted by molar-refractivity contribution is 5.74. The molecule has 2 atom stereocenters. The van der Waals surface area contributed by atoms with E-state index in [0.29, 0.717) is 24.2 Å². The first kappa shape index (κ1) is 17.7. The Morgan fingerprint density at radius 1 is 1.12 bits per heavy atom. The van der Waals surface area contributed by atoms with Gasteiger partial charge in [0.05, 0.1) is 6.54 Å². The Bertz CT molecular complexity index is 594. The predicted octanol–water partition coefficient (Wildman–Crippen LogP) is 1.82. The van der Waals surface area contributed by atoms with Crippen molar-refractivity contribution in [3.63, 3.8) is 0 Å². The van der Waals surface area contributed by atoms with E-state index in [4.69, 9.17) is 4.74 Å². The van der Waals surface area contributed by atoms with Crippen LogP contribution in [0.15, 0.2) is 0 Å². The lowest BCUT2D eigenvalue weighted by molar-refractivity contribution is 0.105. The summed E-state index contributed by atoms with van der Waals surface area (Å²) in [7, 11) is 0. The molecule has 3 aliphatic heterocycles. The standard InChI is InChI=1S/C18H30N6O2/c25-18(19-13-16-20-17(22-21-16)15-6-4-12-26-15)24-10-3-5-14(7-11-24)23-8-1-2-9-23/h14-15H,1-13H2,(H,19,25)(H,20,21,22). The maximum absolute atomic E-state index is 12.5. The molecular formula is C18H30N6O2. The van der Waals surface area contributed by atoms with Gasteiger partial charge in [-0.2, -0.15) is 5.10 Å². The van der Waals surface area contributed by atoms with Crippen LogP contribution in [0.4, 0.5) is 4.79 Å². The molecule has 8 heteroatoms. The van der Waals surface area contributed by atoms with Gasteiger partial charge in [0.1, 0.15) is 11.9 Å². The van der Waals surface area contributed by atoms with Crippen LogP contribution in [0.25, 0.3) is 0 Å². The fraction of sp³-hybridized carbons (Fsp3) is 0.833. The molecule has 2 amide bonds. The first-order chi connectivity index (χ1) is 12.8. The average Bonchev–Trinajstić information content (AvgIpc) is 3.40. The van der Waals surface area contributed by atoms with Crippen LogP contribution < -0.4 is 5.32 Å². The van der Waals surface area contributed by atoms with Gasteiger partial charge >= 0.3 is 6.03 Å². The van der Waals surface area contributed by atoms with Crippen molar-refractivity contribution in [3.05, 3.63) is 11.6 Å². The quantitative estimate of drug-likeness (QED) is 0.853. The number of rotatable bonds is 4. The Labute approximate surface area is 154 Å². The Kier molecular flexibility index (Phi) is 5.69. The van der Waals surface area contributed by atoms with Crippen molar-refractivity contribution in [2.24, 2.45) is 0 Å². The molecule has 0 bridgehead atoms. The number of H-pyrrole nitrogens is 1. The van der Waals surface area contributed by atoms with Crippen molar-refractivity contribution in [2.75, 3.05) is 32.8 Å². The van der Waals surface area contributed by atoms with E-state index in [2.05, 4.69) is 25.4 Å². The van der Waals surface area contributed by atoms with Gasteiger partial charge in [-0.1, -0.05) is 0 Å². The highest BCUT2D eigenvalue weighted by atomic mass is 16.5. The van der Waals surface area contributed by atoms with Crippen molar-refractivity contribution >= 4 is 6.03 Å². The Morgan fingerprint density at radius 3 is 2.81 bits per heavy atom. The van der Waals surface area contributed by atoms with Crippen LogP contribution in [0, 0.1) is 0 Å². The first-order valence-electron chi connectivity index (χ1n) is 10.1. The summed E-state index contributed by atoms with van der Waals surface area (Å²) < 4.78 is 5.59. The molecule has 4 rings (SSSR count). The summed E-state index contributed by atoms with van der Waals surface area (Å²) in [4.78, 5) is 21.6. The zero-order chi connectivity index (χ0) is 17.8. The second-order valence-electron chi connectivity index (χ2n) is 7.62. The molecular weight excluding hydrogens is 332 g/mol. The van der Waals surface area contributed by atoms with Crippen molar-refractivity contribution in [1.29, 1.82) is 0 Å². The second kappa shape index (κ2) is 8.35. The molecule has 3 saturated heterocycles. The van der Waals surface area contributed by atoms with Crippen LogP contribution in [0.1, 0.15) is 62.7 Å². The number of ether oxygens (including phenoxy) is 1. The molecule has 0 aromatic carbocycles. The molecule has 1 aromatic rings. The van der Waals surface area contributed by atoms with Crippen LogP contribution in [0.3, 0.4) is 0 Å².